The molecule has 0 saturated heterocycles. The molecule has 0 radical (unpaired) electrons. The average molecular weight is 193 g/mol. The van der Waals surface area contributed by atoms with Gasteiger partial charge in [0.15, 0.2) is 11.5 Å². The van der Waals surface area contributed by atoms with Gasteiger partial charge in [0.1, 0.15) is 0 Å². The van der Waals surface area contributed by atoms with Crippen LogP contribution in [0.2, 0.25) is 0 Å². The Balaban J connectivity index is 2.04. The molecule has 0 heterocycles. The third kappa shape index (κ3) is 1.99. The van der Waals surface area contributed by atoms with Crippen LogP contribution < -0.4 is 5.73 Å². The molecule has 1 atom stereocenters. The fourth-order valence-corrected chi connectivity index (χ4v) is 1.66. The number of rotatable bonds is 3. The summed E-state index contributed by atoms with van der Waals surface area (Å²) >= 11 is 0. The van der Waals surface area contributed by atoms with Gasteiger partial charge in [-0.1, -0.05) is 6.07 Å². The van der Waals surface area contributed by atoms with Gasteiger partial charge in [0.2, 0.25) is 0 Å². The van der Waals surface area contributed by atoms with Crippen LogP contribution in [0.5, 0.6) is 11.5 Å². The van der Waals surface area contributed by atoms with Crippen LogP contribution in [-0.4, -0.2) is 16.3 Å². The van der Waals surface area contributed by atoms with E-state index >= 15 is 0 Å². The molecule has 2 rings (SSSR count). The van der Waals surface area contributed by atoms with Gasteiger partial charge in [-0.15, -0.1) is 0 Å². The molecule has 1 saturated carbocycles. The van der Waals surface area contributed by atoms with Crippen LogP contribution in [0.15, 0.2) is 18.2 Å². The molecule has 0 amide bonds. The van der Waals surface area contributed by atoms with Gasteiger partial charge in [-0.05, 0) is 42.9 Å². The van der Waals surface area contributed by atoms with Crippen LogP contribution in [0.25, 0.3) is 0 Å². The Morgan fingerprint density at radius 3 is 2.57 bits per heavy atom. The van der Waals surface area contributed by atoms with Crippen molar-refractivity contribution in [2.45, 2.75) is 25.3 Å². The van der Waals surface area contributed by atoms with Crippen molar-refractivity contribution in [3.8, 4) is 11.5 Å². The van der Waals surface area contributed by atoms with Crippen LogP contribution >= 0.6 is 0 Å². The van der Waals surface area contributed by atoms with E-state index < -0.39 is 0 Å². The number of phenolic OH excluding ortho intramolecular Hbond substituents is 2. The summed E-state index contributed by atoms with van der Waals surface area (Å²) in [6.07, 6.45) is 3.23. The summed E-state index contributed by atoms with van der Waals surface area (Å²) in [5.74, 6) is 0.519. The second-order valence-electron chi connectivity index (χ2n) is 4.03. The van der Waals surface area contributed by atoms with E-state index in [4.69, 9.17) is 10.8 Å². The number of benzene rings is 1. The SMILES string of the molecule is NC(Cc1ccc(O)c(O)c1)C1CC1. The third-order valence-electron chi connectivity index (χ3n) is 2.74. The number of nitrogens with two attached hydrogens (primary N) is 1. The van der Waals surface area contributed by atoms with Crippen molar-refractivity contribution in [3.63, 3.8) is 0 Å². The Morgan fingerprint density at radius 1 is 1.29 bits per heavy atom. The molecule has 0 spiro atoms. The number of hydrogen-bond donors (Lipinski definition) is 3. The van der Waals surface area contributed by atoms with E-state index in [1.54, 1.807) is 12.1 Å². The van der Waals surface area contributed by atoms with Crippen molar-refractivity contribution in [2.75, 3.05) is 0 Å². The lowest BCUT2D eigenvalue weighted by atomic mass is 10.0. The molecule has 1 aliphatic rings. The fourth-order valence-electron chi connectivity index (χ4n) is 1.66. The van der Waals surface area contributed by atoms with E-state index in [0.29, 0.717) is 5.92 Å². The first-order valence-electron chi connectivity index (χ1n) is 4.93. The summed E-state index contributed by atoms with van der Waals surface area (Å²) < 4.78 is 0. The maximum atomic E-state index is 9.28. The molecule has 1 unspecified atom stereocenters. The molecule has 1 aliphatic carbocycles. The first-order chi connectivity index (χ1) is 6.66. The highest BCUT2D eigenvalue weighted by atomic mass is 16.3. The molecular weight excluding hydrogens is 178 g/mol. The summed E-state index contributed by atoms with van der Waals surface area (Å²) in [5, 5.41) is 18.4. The molecule has 76 valence electrons. The predicted octanol–water partition coefficient (Wildman–Crippen LogP) is 1.38. The molecule has 0 bridgehead atoms. The molecule has 3 heteroatoms. The molecular formula is C11H15NO2. The van der Waals surface area contributed by atoms with Crippen LogP contribution in [0.3, 0.4) is 0 Å². The molecule has 0 aliphatic heterocycles. The smallest absolute Gasteiger partial charge is 0.157 e. The maximum Gasteiger partial charge on any atom is 0.157 e. The second-order valence-corrected chi connectivity index (χ2v) is 4.03. The van der Waals surface area contributed by atoms with E-state index in [1.807, 2.05) is 0 Å². The Morgan fingerprint density at radius 2 is 2.00 bits per heavy atom. The van der Waals surface area contributed by atoms with Gasteiger partial charge in [-0.25, -0.2) is 0 Å². The first-order valence-corrected chi connectivity index (χ1v) is 4.93. The number of aromatic hydroxyl groups is 2. The van der Waals surface area contributed by atoms with E-state index in [0.717, 1.165) is 12.0 Å². The van der Waals surface area contributed by atoms with Crippen molar-refractivity contribution >= 4 is 0 Å². The minimum atomic E-state index is -0.0752. The Hall–Kier alpha value is -1.22. The van der Waals surface area contributed by atoms with Gasteiger partial charge in [-0.2, -0.15) is 0 Å². The first kappa shape index (κ1) is 9.34. The van der Waals surface area contributed by atoms with Gasteiger partial charge in [0, 0.05) is 6.04 Å². The lowest BCUT2D eigenvalue weighted by Crippen LogP contribution is -2.24. The summed E-state index contributed by atoms with van der Waals surface area (Å²) in [7, 11) is 0. The van der Waals surface area contributed by atoms with E-state index in [-0.39, 0.29) is 17.5 Å². The second kappa shape index (κ2) is 3.50. The molecule has 1 fully saturated rings. The normalized spacial score (nSPS) is 18.1. The summed E-state index contributed by atoms with van der Waals surface area (Å²) in [4.78, 5) is 0. The van der Waals surface area contributed by atoms with Crippen molar-refractivity contribution in [1.82, 2.24) is 0 Å². The Bertz CT molecular complexity index is 334. The zero-order chi connectivity index (χ0) is 10.1. The third-order valence-corrected chi connectivity index (χ3v) is 2.74. The summed E-state index contributed by atoms with van der Waals surface area (Å²) in [6.45, 7) is 0. The topological polar surface area (TPSA) is 66.5 Å². The highest BCUT2D eigenvalue weighted by Gasteiger charge is 2.28. The van der Waals surface area contributed by atoms with E-state index in [9.17, 15) is 5.11 Å². The highest BCUT2D eigenvalue weighted by Crippen LogP contribution is 2.33. The fraction of sp³-hybridized carbons (Fsp3) is 0.455. The monoisotopic (exact) mass is 193 g/mol. The summed E-state index contributed by atoms with van der Waals surface area (Å²) in [5.41, 5.74) is 6.94. The van der Waals surface area contributed by atoms with Gasteiger partial charge in [0.25, 0.3) is 0 Å². The lowest BCUT2D eigenvalue weighted by Gasteiger charge is -2.10. The van der Waals surface area contributed by atoms with Crippen LogP contribution in [0.1, 0.15) is 18.4 Å². The standard InChI is InChI=1S/C11H15NO2/c12-9(8-2-3-8)5-7-1-4-10(13)11(14)6-7/h1,4,6,8-9,13-14H,2-3,5,12H2. The zero-order valence-electron chi connectivity index (χ0n) is 7.98. The Kier molecular flexibility index (Phi) is 2.33. The van der Waals surface area contributed by atoms with Gasteiger partial charge in [0.05, 0.1) is 0 Å². The summed E-state index contributed by atoms with van der Waals surface area (Å²) in [6, 6.07) is 5.08. The molecule has 4 N–H and O–H groups in total. The molecule has 3 nitrogen and oxygen atoms in total. The average Bonchev–Trinajstić information content (AvgIpc) is 2.94. The van der Waals surface area contributed by atoms with Gasteiger partial charge >= 0.3 is 0 Å². The molecule has 14 heavy (non-hydrogen) atoms. The van der Waals surface area contributed by atoms with Crippen molar-refractivity contribution in [1.29, 1.82) is 0 Å². The Labute approximate surface area is 83.2 Å². The van der Waals surface area contributed by atoms with Gasteiger partial charge in [-0.3, -0.25) is 0 Å². The molecule has 1 aromatic rings. The van der Waals surface area contributed by atoms with Crippen LogP contribution in [0, 0.1) is 5.92 Å². The minimum Gasteiger partial charge on any atom is -0.504 e. The number of phenols is 2. The number of hydrogen-bond acceptors (Lipinski definition) is 3. The van der Waals surface area contributed by atoms with Crippen molar-refractivity contribution < 1.29 is 10.2 Å². The zero-order valence-corrected chi connectivity index (χ0v) is 7.98. The van der Waals surface area contributed by atoms with E-state index in [1.165, 1.54) is 18.9 Å². The van der Waals surface area contributed by atoms with Gasteiger partial charge < -0.3 is 15.9 Å². The largest absolute Gasteiger partial charge is 0.504 e. The van der Waals surface area contributed by atoms with Crippen molar-refractivity contribution in [3.05, 3.63) is 23.8 Å². The molecule has 1 aromatic carbocycles. The van der Waals surface area contributed by atoms with Crippen LogP contribution in [0.4, 0.5) is 0 Å². The minimum absolute atomic E-state index is 0.0644. The quantitative estimate of drug-likeness (QED) is 0.635. The highest BCUT2D eigenvalue weighted by molar-refractivity contribution is 5.40. The lowest BCUT2D eigenvalue weighted by molar-refractivity contribution is 0.403. The predicted molar refractivity (Wildman–Crippen MR) is 54.2 cm³/mol. The van der Waals surface area contributed by atoms with Crippen molar-refractivity contribution in [2.24, 2.45) is 11.7 Å². The maximum absolute atomic E-state index is 9.28. The van der Waals surface area contributed by atoms with E-state index in [2.05, 4.69) is 0 Å². The van der Waals surface area contributed by atoms with Crippen LogP contribution in [-0.2, 0) is 6.42 Å². The molecule has 0 aromatic heterocycles.